The fourth-order valence-corrected chi connectivity index (χ4v) is 2.16. The van der Waals surface area contributed by atoms with Crippen molar-refractivity contribution in [3.05, 3.63) is 28.2 Å². The maximum Gasteiger partial charge on any atom is 2.00 e. The van der Waals surface area contributed by atoms with E-state index in [1.165, 1.54) is 12.8 Å². The van der Waals surface area contributed by atoms with Crippen molar-refractivity contribution in [1.82, 2.24) is 0 Å². The molecule has 0 aliphatic carbocycles. The Balaban J connectivity index is -0.00000108. The maximum absolute atomic E-state index is 8.73. The van der Waals surface area contributed by atoms with Crippen LogP contribution in [0.25, 0.3) is 4.98 Å². The fraction of sp³-hybridized carbons (Fsp3) is 0.571. The van der Waals surface area contributed by atoms with Gasteiger partial charge in [-0.1, -0.05) is 38.3 Å². The number of benzene rings is 1. The molecule has 0 aliphatic rings. The molecule has 0 aromatic heterocycles. The second-order valence-electron chi connectivity index (χ2n) is 4.43. The molecule has 7 heteroatoms. The van der Waals surface area contributed by atoms with E-state index in [0.29, 0.717) is 10.7 Å². The van der Waals surface area contributed by atoms with Crippen molar-refractivity contribution >= 4 is 23.0 Å². The van der Waals surface area contributed by atoms with Gasteiger partial charge >= 0.3 is 25.2 Å². The van der Waals surface area contributed by atoms with Crippen molar-refractivity contribution in [2.75, 3.05) is 18.0 Å². The second-order valence-corrected chi connectivity index (χ2v) is 4.84. The molecule has 1 aromatic carbocycles. The minimum atomic E-state index is 0. The van der Waals surface area contributed by atoms with Crippen molar-refractivity contribution in [1.29, 1.82) is 5.39 Å². The number of halogens is 3. The number of unbranched alkanes of at least 4 members (excludes halogenated alkanes) is 2. The third-order valence-electron chi connectivity index (χ3n) is 2.95. The van der Waals surface area contributed by atoms with Gasteiger partial charge in [-0.15, -0.1) is 0 Å². The smallest absolute Gasteiger partial charge is 1.00 e. The van der Waals surface area contributed by atoms with E-state index in [0.717, 1.165) is 31.6 Å². The summed E-state index contributed by atoms with van der Waals surface area (Å²) < 4.78 is 0. The third kappa shape index (κ3) is 8.84. The van der Waals surface area contributed by atoms with Crippen LogP contribution in [0.5, 0.6) is 0 Å². The summed E-state index contributed by atoms with van der Waals surface area (Å²) in [7, 11) is 0. The van der Waals surface area contributed by atoms with Crippen LogP contribution in [-0.4, -0.2) is 13.1 Å². The Morgan fingerprint density at radius 1 is 1.10 bits per heavy atom. The second kappa shape index (κ2) is 14.9. The SMILES string of the molecule is CCCCN(CCCC)c1ccc([N+]#N)cc1Cl.[Cl-].[Cl-].[Zn+2]. The van der Waals surface area contributed by atoms with E-state index in [4.69, 9.17) is 17.0 Å². The molecule has 0 aliphatic heterocycles. The van der Waals surface area contributed by atoms with Crippen LogP contribution in [0.1, 0.15) is 39.5 Å². The van der Waals surface area contributed by atoms with E-state index in [9.17, 15) is 0 Å². The first kappa shape index (κ1) is 25.9. The summed E-state index contributed by atoms with van der Waals surface area (Å²) >= 11 is 6.25. The Hall–Kier alpha value is -0.0666. The first-order valence-electron chi connectivity index (χ1n) is 6.62. The van der Waals surface area contributed by atoms with Gasteiger partial charge in [0.25, 0.3) is 0 Å². The zero-order valence-electron chi connectivity index (χ0n) is 12.7. The summed E-state index contributed by atoms with van der Waals surface area (Å²) in [5.41, 5.74) is 1.53. The van der Waals surface area contributed by atoms with Gasteiger partial charge in [-0.3, -0.25) is 0 Å². The van der Waals surface area contributed by atoms with Crippen molar-refractivity contribution in [2.45, 2.75) is 39.5 Å². The molecule has 0 N–H and O–H groups in total. The molecule has 3 nitrogen and oxygen atoms in total. The van der Waals surface area contributed by atoms with Gasteiger partial charge in [0.05, 0.1) is 16.8 Å². The minimum absolute atomic E-state index is 0. The van der Waals surface area contributed by atoms with Gasteiger partial charge in [-0.25, -0.2) is 0 Å². The van der Waals surface area contributed by atoms with Gasteiger partial charge in [-0.2, -0.15) is 0 Å². The number of hydrogen-bond acceptors (Lipinski definition) is 2. The van der Waals surface area contributed by atoms with Gasteiger partial charge in [0.2, 0.25) is 5.39 Å². The molecule has 0 atom stereocenters. The van der Waals surface area contributed by atoms with E-state index in [2.05, 4.69) is 23.7 Å². The monoisotopic (exact) mass is 400 g/mol. The molecule has 21 heavy (non-hydrogen) atoms. The zero-order valence-corrected chi connectivity index (χ0v) is 17.9. The van der Waals surface area contributed by atoms with Crippen molar-refractivity contribution in [3.8, 4) is 0 Å². The molecule has 0 heterocycles. The summed E-state index contributed by atoms with van der Waals surface area (Å²) in [5, 5.41) is 9.38. The van der Waals surface area contributed by atoms with Gasteiger partial charge in [-0.05, 0) is 18.9 Å². The van der Waals surface area contributed by atoms with Gasteiger partial charge in [0.15, 0.2) is 4.98 Å². The molecular formula is C14H21Cl3N3Zn+. The Morgan fingerprint density at radius 2 is 1.62 bits per heavy atom. The molecule has 1 aromatic rings. The van der Waals surface area contributed by atoms with Crippen LogP contribution in [0.15, 0.2) is 18.2 Å². The first-order chi connectivity index (χ1) is 8.72. The van der Waals surface area contributed by atoms with E-state index >= 15 is 0 Å². The largest absolute Gasteiger partial charge is 2.00 e. The number of nitrogens with zero attached hydrogens (tertiary/aromatic N) is 3. The fourth-order valence-electron chi connectivity index (χ4n) is 1.87. The predicted molar refractivity (Wildman–Crippen MR) is 78.2 cm³/mol. The van der Waals surface area contributed by atoms with E-state index in [1.807, 2.05) is 6.07 Å². The van der Waals surface area contributed by atoms with Crippen LogP contribution in [0, 0.1) is 5.39 Å². The van der Waals surface area contributed by atoms with Crippen LogP contribution in [0.2, 0.25) is 5.02 Å². The molecule has 0 amide bonds. The summed E-state index contributed by atoms with van der Waals surface area (Å²) in [6.45, 7) is 6.42. The van der Waals surface area contributed by atoms with Gasteiger partial charge in [0.1, 0.15) is 0 Å². The maximum atomic E-state index is 8.73. The summed E-state index contributed by atoms with van der Waals surface area (Å²) in [6.07, 6.45) is 4.66. The number of anilines is 1. The van der Waals surface area contributed by atoms with Crippen molar-refractivity contribution in [2.24, 2.45) is 0 Å². The molecule has 0 bridgehead atoms. The van der Waals surface area contributed by atoms with Gasteiger partial charge in [0, 0.05) is 19.2 Å². The van der Waals surface area contributed by atoms with Crippen LogP contribution in [0.4, 0.5) is 11.4 Å². The molecule has 0 spiro atoms. The zero-order chi connectivity index (χ0) is 13.4. The molecule has 114 valence electrons. The van der Waals surface area contributed by atoms with Crippen LogP contribution < -0.4 is 29.7 Å². The quantitative estimate of drug-likeness (QED) is 0.443. The van der Waals surface area contributed by atoms with E-state index in [1.54, 1.807) is 12.1 Å². The topological polar surface area (TPSA) is 31.4 Å². The predicted octanol–water partition coefficient (Wildman–Crippen LogP) is -0.763. The number of hydrogen-bond donors (Lipinski definition) is 0. The molecule has 0 saturated heterocycles. The summed E-state index contributed by atoms with van der Waals surface area (Å²) in [4.78, 5) is 5.47. The first-order valence-corrected chi connectivity index (χ1v) is 7.00. The summed E-state index contributed by atoms with van der Waals surface area (Å²) in [6, 6.07) is 5.41. The normalized spacial score (nSPS) is 8.67. The van der Waals surface area contributed by atoms with Crippen molar-refractivity contribution in [3.63, 3.8) is 0 Å². The average Bonchev–Trinajstić information content (AvgIpc) is 2.39. The molecular weight excluding hydrogens is 382 g/mol. The molecule has 0 saturated carbocycles. The van der Waals surface area contributed by atoms with E-state index in [-0.39, 0.29) is 44.3 Å². The average molecular weight is 403 g/mol. The van der Waals surface area contributed by atoms with Crippen LogP contribution in [0.3, 0.4) is 0 Å². The summed E-state index contributed by atoms with van der Waals surface area (Å²) in [5.74, 6) is 0. The third-order valence-corrected chi connectivity index (χ3v) is 3.25. The Labute approximate surface area is 158 Å². The molecule has 0 radical (unpaired) electrons. The Morgan fingerprint density at radius 3 is 2.00 bits per heavy atom. The minimum Gasteiger partial charge on any atom is -1.00 e. The number of rotatable bonds is 7. The number of diazo groups is 1. The van der Waals surface area contributed by atoms with E-state index < -0.39 is 0 Å². The Kier molecular flexibility index (Phi) is 18.3. The molecule has 1 rings (SSSR count). The molecule has 0 fully saturated rings. The van der Waals surface area contributed by atoms with Crippen molar-refractivity contribution < 1.29 is 44.3 Å². The van der Waals surface area contributed by atoms with Crippen LogP contribution in [-0.2, 0) is 19.5 Å². The van der Waals surface area contributed by atoms with Crippen LogP contribution >= 0.6 is 11.6 Å². The van der Waals surface area contributed by atoms with Gasteiger partial charge < -0.3 is 29.7 Å². The Bertz CT molecular complexity index is 416. The standard InChI is InChI=1S/C14H21ClN3.2ClH.Zn/c1-3-5-9-18(10-6-4-2)14-8-7-12(17-16)11-13(14)15;;;/h7-8,11H,3-6,9-10H2,1-2H3;2*1H;/q+1;;;+2/p-2. The molecule has 0 unspecified atom stereocenters.